The molecule has 100 valence electrons. The molecule has 4 heteroatoms. The van der Waals surface area contributed by atoms with Gasteiger partial charge in [0, 0.05) is 12.6 Å². The Kier molecular flexibility index (Phi) is 5.65. The van der Waals surface area contributed by atoms with Gasteiger partial charge in [0.15, 0.2) is 0 Å². The molecule has 0 aliphatic carbocycles. The lowest BCUT2D eigenvalue weighted by molar-refractivity contribution is 0.228. The third-order valence-electron chi connectivity index (χ3n) is 2.94. The number of hydrogen-bond donors (Lipinski definition) is 3. The van der Waals surface area contributed by atoms with E-state index < -0.39 is 0 Å². The molecule has 1 aromatic rings. The van der Waals surface area contributed by atoms with Crippen LogP contribution in [0.25, 0.3) is 0 Å². The Morgan fingerprint density at radius 2 is 1.94 bits per heavy atom. The lowest BCUT2D eigenvalue weighted by Crippen LogP contribution is -2.42. The van der Waals surface area contributed by atoms with Crippen molar-refractivity contribution in [1.29, 1.82) is 0 Å². The maximum Gasteiger partial charge on any atom is 0.315 e. The van der Waals surface area contributed by atoms with Crippen LogP contribution in [0.15, 0.2) is 24.3 Å². The summed E-state index contributed by atoms with van der Waals surface area (Å²) in [5.41, 5.74) is 2.27. The zero-order chi connectivity index (χ0) is 13.5. The Morgan fingerprint density at radius 3 is 2.56 bits per heavy atom. The van der Waals surface area contributed by atoms with Crippen LogP contribution in [0.5, 0.6) is 0 Å². The standard InChI is InChI=1S/C14H22N2O2/c1-10-6-4-5-7-13(10)12(3)16-14(18)15-11(2)8-9-17/h4-7,11-12,17H,8-9H2,1-3H3,(H2,15,16,18)/t11-,12?/m1/s1. The second-order valence-electron chi connectivity index (χ2n) is 4.61. The molecule has 4 nitrogen and oxygen atoms in total. The molecule has 0 aliphatic rings. The van der Waals surface area contributed by atoms with Crippen molar-refractivity contribution in [3.63, 3.8) is 0 Å². The second kappa shape index (κ2) is 7.01. The van der Waals surface area contributed by atoms with Crippen LogP contribution in [0.2, 0.25) is 0 Å². The molecule has 0 aromatic heterocycles. The quantitative estimate of drug-likeness (QED) is 0.749. The molecule has 18 heavy (non-hydrogen) atoms. The lowest BCUT2D eigenvalue weighted by atomic mass is 10.0. The number of hydrogen-bond acceptors (Lipinski definition) is 2. The Labute approximate surface area is 108 Å². The molecule has 0 radical (unpaired) electrons. The molecule has 2 atom stereocenters. The number of nitrogens with one attached hydrogen (secondary N) is 2. The van der Waals surface area contributed by atoms with Crippen molar-refractivity contribution < 1.29 is 9.90 Å². The monoisotopic (exact) mass is 250 g/mol. The van der Waals surface area contributed by atoms with Crippen molar-refractivity contribution in [2.24, 2.45) is 0 Å². The van der Waals surface area contributed by atoms with E-state index in [2.05, 4.69) is 10.6 Å². The number of carbonyl (C=O) groups excluding carboxylic acids is 1. The lowest BCUT2D eigenvalue weighted by Gasteiger charge is -2.19. The second-order valence-corrected chi connectivity index (χ2v) is 4.61. The highest BCUT2D eigenvalue weighted by Crippen LogP contribution is 2.16. The molecule has 0 spiro atoms. The normalized spacial score (nSPS) is 13.8. The number of urea groups is 1. The topological polar surface area (TPSA) is 61.4 Å². The highest BCUT2D eigenvalue weighted by Gasteiger charge is 2.12. The average molecular weight is 250 g/mol. The Balaban J connectivity index is 2.52. The van der Waals surface area contributed by atoms with Crippen molar-refractivity contribution in [2.75, 3.05) is 6.61 Å². The SMILES string of the molecule is Cc1ccccc1C(C)NC(=O)N[C@H](C)CCO. The summed E-state index contributed by atoms with van der Waals surface area (Å²) in [6, 6.07) is 7.72. The van der Waals surface area contributed by atoms with Gasteiger partial charge in [-0.15, -0.1) is 0 Å². The molecule has 0 aliphatic heterocycles. The Hall–Kier alpha value is -1.55. The summed E-state index contributed by atoms with van der Waals surface area (Å²) in [6.45, 7) is 5.93. The number of aliphatic hydroxyl groups is 1. The van der Waals surface area contributed by atoms with Crippen LogP contribution in [-0.4, -0.2) is 23.8 Å². The van der Waals surface area contributed by atoms with Crippen LogP contribution in [0, 0.1) is 6.92 Å². The fraction of sp³-hybridized carbons (Fsp3) is 0.500. The average Bonchev–Trinajstić information content (AvgIpc) is 2.29. The van der Waals surface area contributed by atoms with E-state index in [0.717, 1.165) is 11.1 Å². The van der Waals surface area contributed by atoms with Gasteiger partial charge in [0.2, 0.25) is 0 Å². The Bertz CT molecular complexity index is 393. The molecule has 1 unspecified atom stereocenters. The van der Waals surface area contributed by atoms with Crippen LogP contribution in [-0.2, 0) is 0 Å². The summed E-state index contributed by atoms with van der Waals surface area (Å²) < 4.78 is 0. The van der Waals surface area contributed by atoms with Gasteiger partial charge in [-0.25, -0.2) is 4.79 Å². The molecule has 0 saturated carbocycles. The van der Waals surface area contributed by atoms with Gasteiger partial charge in [0.05, 0.1) is 6.04 Å². The number of benzene rings is 1. The third kappa shape index (κ3) is 4.37. The summed E-state index contributed by atoms with van der Waals surface area (Å²) in [5.74, 6) is 0. The smallest absolute Gasteiger partial charge is 0.315 e. The van der Waals surface area contributed by atoms with Crippen LogP contribution >= 0.6 is 0 Å². The maximum atomic E-state index is 11.7. The molecule has 0 bridgehead atoms. The van der Waals surface area contributed by atoms with Crippen molar-refractivity contribution in [3.05, 3.63) is 35.4 Å². The first-order valence-corrected chi connectivity index (χ1v) is 6.28. The fourth-order valence-corrected chi connectivity index (χ4v) is 1.88. The van der Waals surface area contributed by atoms with Crippen molar-refractivity contribution in [1.82, 2.24) is 10.6 Å². The van der Waals surface area contributed by atoms with Gasteiger partial charge in [-0.05, 0) is 38.3 Å². The van der Waals surface area contributed by atoms with Gasteiger partial charge in [-0.2, -0.15) is 0 Å². The number of aliphatic hydroxyl groups excluding tert-OH is 1. The van der Waals surface area contributed by atoms with E-state index in [1.807, 2.05) is 45.0 Å². The fourth-order valence-electron chi connectivity index (χ4n) is 1.88. The molecule has 0 saturated heterocycles. The van der Waals surface area contributed by atoms with Crippen LogP contribution in [0.1, 0.15) is 37.4 Å². The van der Waals surface area contributed by atoms with Gasteiger partial charge >= 0.3 is 6.03 Å². The highest BCUT2D eigenvalue weighted by molar-refractivity contribution is 5.74. The largest absolute Gasteiger partial charge is 0.396 e. The van der Waals surface area contributed by atoms with E-state index in [1.165, 1.54) is 0 Å². The first-order valence-electron chi connectivity index (χ1n) is 6.28. The summed E-state index contributed by atoms with van der Waals surface area (Å²) in [5, 5.41) is 14.5. The van der Waals surface area contributed by atoms with Gasteiger partial charge < -0.3 is 15.7 Å². The third-order valence-corrected chi connectivity index (χ3v) is 2.94. The number of rotatable bonds is 5. The molecule has 0 heterocycles. The van der Waals surface area contributed by atoms with E-state index in [-0.39, 0.29) is 24.7 Å². The van der Waals surface area contributed by atoms with E-state index >= 15 is 0 Å². The van der Waals surface area contributed by atoms with Crippen molar-refractivity contribution >= 4 is 6.03 Å². The molecule has 1 aromatic carbocycles. The molecule has 0 fully saturated rings. The zero-order valence-electron chi connectivity index (χ0n) is 11.2. The van der Waals surface area contributed by atoms with E-state index in [0.29, 0.717) is 6.42 Å². The predicted octanol–water partition coefficient (Wildman–Crippen LogP) is 2.13. The van der Waals surface area contributed by atoms with Gasteiger partial charge in [0.1, 0.15) is 0 Å². The first kappa shape index (κ1) is 14.5. The minimum Gasteiger partial charge on any atom is -0.396 e. The minimum atomic E-state index is -0.202. The highest BCUT2D eigenvalue weighted by atomic mass is 16.3. The van der Waals surface area contributed by atoms with Crippen LogP contribution in [0.3, 0.4) is 0 Å². The maximum absolute atomic E-state index is 11.7. The molecule has 1 rings (SSSR count). The Morgan fingerprint density at radius 1 is 1.28 bits per heavy atom. The summed E-state index contributed by atoms with van der Waals surface area (Å²) in [6.07, 6.45) is 0.562. The zero-order valence-corrected chi connectivity index (χ0v) is 11.2. The van der Waals surface area contributed by atoms with E-state index in [4.69, 9.17) is 5.11 Å². The first-order chi connectivity index (χ1) is 8.54. The molecular weight excluding hydrogens is 228 g/mol. The number of carbonyl (C=O) groups is 1. The van der Waals surface area contributed by atoms with E-state index in [1.54, 1.807) is 0 Å². The number of aryl methyl sites for hydroxylation is 1. The van der Waals surface area contributed by atoms with Gasteiger partial charge in [0.25, 0.3) is 0 Å². The van der Waals surface area contributed by atoms with Crippen molar-refractivity contribution in [2.45, 2.75) is 39.3 Å². The predicted molar refractivity (Wildman–Crippen MR) is 72.4 cm³/mol. The molecular formula is C14H22N2O2. The minimum absolute atomic E-state index is 0.0286. The van der Waals surface area contributed by atoms with Crippen molar-refractivity contribution in [3.8, 4) is 0 Å². The summed E-state index contributed by atoms with van der Waals surface area (Å²) >= 11 is 0. The van der Waals surface area contributed by atoms with Crippen LogP contribution in [0.4, 0.5) is 4.79 Å². The van der Waals surface area contributed by atoms with Crippen LogP contribution < -0.4 is 10.6 Å². The van der Waals surface area contributed by atoms with E-state index in [9.17, 15) is 4.79 Å². The summed E-state index contributed by atoms with van der Waals surface area (Å²) in [4.78, 5) is 11.7. The van der Waals surface area contributed by atoms with Gasteiger partial charge in [-0.1, -0.05) is 24.3 Å². The number of amides is 2. The summed E-state index contributed by atoms with van der Waals surface area (Å²) in [7, 11) is 0. The van der Waals surface area contributed by atoms with Gasteiger partial charge in [-0.3, -0.25) is 0 Å². The molecule has 2 amide bonds. The molecule has 3 N–H and O–H groups in total.